The molecule has 18 heavy (non-hydrogen) atoms. The minimum atomic E-state index is -0.153. The Labute approximate surface area is 111 Å². The van der Waals surface area contributed by atoms with E-state index in [2.05, 4.69) is 36.6 Å². The number of hydrogen-bond donors (Lipinski definition) is 2. The van der Waals surface area contributed by atoms with Gasteiger partial charge in [-0.15, -0.1) is 0 Å². The summed E-state index contributed by atoms with van der Waals surface area (Å²) in [5.74, 6) is 0.252. The molecule has 1 saturated heterocycles. The summed E-state index contributed by atoms with van der Waals surface area (Å²) in [4.78, 5) is 14.5. The summed E-state index contributed by atoms with van der Waals surface area (Å²) in [6, 6.07) is 0. The maximum atomic E-state index is 12.3. The van der Waals surface area contributed by atoms with E-state index >= 15 is 0 Å². The monoisotopic (exact) mass is 255 g/mol. The van der Waals surface area contributed by atoms with Crippen LogP contribution in [0.5, 0.6) is 0 Å². The fraction of sp³-hybridized carbons (Fsp3) is 0.929. The van der Waals surface area contributed by atoms with Crippen molar-refractivity contribution in [2.75, 3.05) is 40.3 Å². The number of piperidine rings is 1. The van der Waals surface area contributed by atoms with Gasteiger partial charge >= 0.3 is 0 Å². The number of carbonyl (C=O) groups excluding carboxylic acids is 1. The van der Waals surface area contributed by atoms with Gasteiger partial charge in [0.2, 0.25) is 5.91 Å². The SMILES string of the molecule is CCC1(C(=O)NCCCCN(C)C)CCCNC1. The van der Waals surface area contributed by atoms with Crippen LogP contribution in [0, 0.1) is 5.41 Å². The molecule has 1 aliphatic heterocycles. The van der Waals surface area contributed by atoms with E-state index in [1.54, 1.807) is 0 Å². The number of hydrogen-bond acceptors (Lipinski definition) is 3. The molecule has 1 rings (SSSR count). The first-order valence-electron chi connectivity index (χ1n) is 7.24. The number of nitrogens with zero attached hydrogens (tertiary/aromatic N) is 1. The fourth-order valence-corrected chi connectivity index (χ4v) is 2.57. The van der Waals surface area contributed by atoms with Crippen LogP contribution in [0.3, 0.4) is 0 Å². The summed E-state index contributed by atoms with van der Waals surface area (Å²) in [6.45, 7) is 5.92. The Balaban J connectivity index is 2.25. The Morgan fingerprint density at radius 2 is 2.17 bits per heavy atom. The van der Waals surface area contributed by atoms with E-state index in [1.807, 2.05) is 0 Å². The van der Waals surface area contributed by atoms with Crippen LogP contribution in [-0.4, -0.2) is 51.1 Å². The van der Waals surface area contributed by atoms with Crippen LogP contribution in [0.25, 0.3) is 0 Å². The molecular formula is C14H29N3O. The highest BCUT2D eigenvalue weighted by Gasteiger charge is 2.37. The quantitative estimate of drug-likeness (QED) is 0.672. The molecule has 0 aromatic rings. The lowest BCUT2D eigenvalue weighted by molar-refractivity contribution is -0.132. The van der Waals surface area contributed by atoms with Gasteiger partial charge in [-0.2, -0.15) is 0 Å². The molecule has 0 radical (unpaired) electrons. The lowest BCUT2D eigenvalue weighted by Gasteiger charge is -2.35. The van der Waals surface area contributed by atoms with Gasteiger partial charge in [0, 0.05) is 13.1 Å². The molecule has 4 heteroatoms. The van der Waals surface area contributed by atoms with Crippen LogP contribution < -0.4 is 10.6 Å². The van der Waals surface area contributed by atoms with Crippen molar-refractivity contribution in [1.29, 1.82) is 0 Å². The van der Waals surface area contributed by atoms with E-state index in [0.717, 1.165) is 58.3 Å². The highest BCUT2D eigenvalue weighted by atomic mass is 16.2. The smallest absolute Gasteiger partial charge is 0.227 e. The molecule has 1 atom stereocenters. The van der Waals surface area contributed by atoms with Gasteiger partial charge in [-0.3, -0.25) is 4.79 Å². The second-order valence-corrected chi connectivity index (χ2v) is 5.68. The summed E-state index contributed by atoms with van der Waals surface area (Å²) < 4.78 is 0. The minimum Gasteiger partial charge on any atom is -0.356 e. The van der Waals surface area contributed by atoms with Crippen LogP contribution in [0.15, 0.2) is 0 Å². The molecule has 0 aromatic carbocycles. The molecule has 0 bridgehead atoms. The normalized spacial score (nSPS) is 24.2. The summed E-state index contributed by atoms with van der Waals surface area (Å²) >= 11 is 0. The Morgan fingerprint density at radius 3 is 2.72 bits per heavy atom. The first-order chi connectivity index (χ1) is 8.60. The topological polar surface area (TPSA) is 44.4 Å². The lowest BCUT2D eigenvalue weighted by Crippen LogP contribution is -2.50. The van der Waals surface area contributed by atoms with E-state index < -0.39 is 0 Å². The first-order valence-corrected chi connectivity index (χ1v) is 7.24. The number of amides is 1. The zero-order valence-corrected chi connectivity index (χ0v) is 12.2. The predicted molar refractivity (Wildman–Crippen MR) is 75.6 cm³/mol. The molecule has 2 N–H and O–H groups in total. The van der Waals surface area contributed by atoms with Crippen molar-refractivity contribution in [2.45, 2.75) is 39.0 Å². The zero-order chi connectivity index (χ0) is 13.4. The van der Waals surface area contributed by atoms with Crippen molar-refractivity contribution in [3.05, 3.63) is 0 Å². The second-order valence-electron chi connectivity index (χ2n) is 5.68. The summed E-state index contributed by atoms with van der Waals surface area (Å²) in [6.07, 6.45) is 5.28. The average molecular weight is 255 g/mol. The highest BCUT2D eigenvalue weighted by molar-refractivity contribution is 5.82. The maximum absolute atomic E-state index is 12.3. The Bertz CT molecular complexity index is 247. The molecule has 0 aromatic heterocycles. The van der Waals surface area contributed by atoms with Gasteiger partial charge in [0.1, 0.15) is 0 Å². The van der Waals surface area contributed by atoms with Crippen molar-refractivity contribution in [3.63, 3.8) is 0 Å². The fourth-order valence-electron chi connectivity index (χ4n) is 2.57. The van der Waals surface area contributed by atoms with E-state index in [-0.39, 0.29) is 11.3 Å². The number of rotatable bonds is 7. The van der Waals surface area contributed by atoms with Crippen molar-refractivity contribution < 1.29 is 4.79 Å². The highest BCUT2D eigenvalue weighted by Crippen LogP contribution is 2.30. The van der Waals surface area contributed by atoms with Crippen LogP contribution in [0.2, 0.25) is 0 Å². The van der Waals surface area contributed by atoms with Gasteiger partial charge in [0.15, 0.2) is 0 Å². The van der Waals surface area contributed by atoms with Crippen LogP contribution in [0.4, 0.5) is 0 Å². The van der Waals surface area contributed by atoms with Gasteiger partial charge in [0.25, 0.3) is 0 Å². The van der Waals surface area contributed by atoms with Gasteiger partial charge in [-0.25, -0.2) is 0 Å². The number of carbonyl (C=O) groups is 1. The molecule has 0 spiro atoms. The molecule has 0 aliphatic carbocycles. The summed E-state index contributed by atoms with van der Waals surface area (Å²) in [5, 5.41) is 6.48. The van der Waals surface area contributed by atoms with E-state index in [1.165, 1.54) is 0 Å². The molecule has 4 nitrogen and oxygen atoms in total. The van der Waals surface area contributed by atoms with Gasteiger partial charge in [-0.1, -0.05) is 6.92 Å². The third-order valence-corrected chi connectivity index (χ3v) is 3.95. The van der Waals surface area contributed by atoms with Crippen molar-refractivity contribution in [2.24, 2.45) is 5.41 Å². The summed E-state index contributed by atoms with van der Waals surface area (Å²) in [7, 11) is 4.16. The van der Waals surface area contributed by atoms with Gasteiger partial charge in [0.05, 0.1) is 5.41 Å². The molecule has 1 amide bonds. The third kappa shape index (κ3) is 4.58. The van der Waals surface area contributed by atoms with Gasteiger partial charge < -0.3 is 15.5 Å². The standard InChI is InChI=1S/C14H29N3O/c1-4-14(8-7-9-15-12-14)13(18)16-10-5-6-11-17(2)3/h15H,4-12H2,1-3H3,(H,16,18). The van der Waals surface area contributed by atoms with Gasteiger partial charge in [-0.05, 0) is 59.3 Å². The van der Waals surface area contributed by atoms with Crippen LogP contribution in [0.1, 0.15) is 39.0 Å². The minimum absolute atomic E-state index is 0.153. The number of unbranched alkanes of at least 4 members (excludes halogenated alkanes) is 1. The Kier molecular flexibility index (Phi) is 6.65. The largest absolute Gasteiger partial charge is 0.356 e. The molecule has 1 fully saturated rings. The first kappa shape index (κ1) is 15.4. The third-order valence-electron chi connectivity index (χ3n) is 3.95. The average Bonchev–Trinajstić information content (AvgIpc) is 2.38. The Hall–Kier alpha value is -0.610. The summed E-state index contributed by atoms with van der Waals surface area (Å²) in [5.41, 5.74) is -0.153. The molecular weight excluding hydrogens is 226 g/mol. The Morgan fingerprint density at radius 1 is 1.39 bits per heavy atom. The maximum Gasteiger partial charge on any atom is 0.227 e. The van der Waals surface area contributed by atoms with E-state index in [4.69, 9.17) is 0 Å². The number of nitrogens with one attached hydrogen (secondary N) is 2. The van der Waals surface area contributed by atoms with Crippen LogP contribution >= 0.6 is 0 Å². The zero-order valence-electron chi connectivity index (χ0n) is 12.2. The van der Waals surface area contributed by atoms with Crippen molar-refractivity contribution in [1.82, 2.24) is 15.5 Å². The lowest BCUT2D eigenvalue weighted by atomic mass is 9.77. The molecule has 1 aliphatic rings. The molecule has 0 saturated carbocycles. The van der Waals surface area contributed by atoms with E-state index in [0.29, 0.717) is 0 Å². The molecule has 106 valence electrons. The molecule has 1 unspecified atom stereocenters. The second kappa shape index (κ2) is 7.74. The van der Waals surface area contributed by atoms with Crippen LogP contribution in [-0.2, 0) is 4.79 Å². The van der Waals surface area contributed by atoms with Crippen molar-refractivity contribution in [3.8, 4) is 0 Å². The predicted octanol–water partition coefficient (Wildman–Crippen LogP) is 1.22. The molecule has 1 heterocycles. The van der Waals surface area contributed by atoms with E-state index in [9.17, 15) is 4.79 Å². The van der Waals surface area contributed by atoms with Crippen molar-refractivity contribution >= 4 is 5.91 Å².